The summed E-state index contributed by atoms with van der Waals surface area (Å²) >= 11 is 0. The molecule has 1 aromatic rings. The van der Waals surface area contributed by atoms with Gasteiger partial charge < -0.3 is 5.73 Å². The summed E-state index contributed by atoms with van der Waals surface area (Å²) in [6.07, 6.45) is 2.77. The van der Waals surface area contributed by atoms with Crippen LogP contribution >= 0.6 is 17.0 Å². The van der Waals surface area contributed by atoms with E-state index in [2.05, 4.69) is 11.9 Å². The fourth-order valence-electron chi connectivity index (χ4n) is 1.16. The molecule has 0 bridgehead atoms. The second-order valence-corrected chi connectivity index (χ2v) is 2.68. The van der Waals surface area contributed by atoms with Gasteiger partial charge in [-0.25, -0.2) is 0 Å². The van der Waals surface area contributed by atoms with Gasteiger partial charge in [-0.15, -0.1) is 17.0 Å². The van der Waals surface area contributed by atoms with Gasteiger partial charge in [0.2, 0.25) is 0 Å². The van der Waals surface area contributed by atoms with Crippen molar-refractivity contribution in [3.63, 3.8) is 0 Å². The Kier molecular flexibility index (Phi) is 5.09. The highest BCUT2D eigenvalue weighted by atomic mass is 79.9. The van der Waals surface area contributed by atoms with Crippen molar-refractivity contribution in [2.24, 2.45) is 5.73 Å². The molecule has 0 fully saturated rings. The van der Waals surface area contributed by atoms with Crippen LogP contribution in [0.5, 0.6) is 0 Å². The standard InChI is InChI=1S/C9H14N2.BrH/c1-3-9-8(7(2)10)5-4-6-11-9;/h4-7H,3,10H2,1-2H3;1H. The molecule has 0 saturated heterocycles. The highest BCUT2D eigenvalue weighted by Crippen LogP contribution is 2.12. The van der Waals surface area contributed by atoms with Crippen LogP contribution in [0, 0.1) is 0 Å². The van der Waals surface area contributed by atoms with Crippen molar-refractivity contribution in [1.29, 1.82) is 0 Å². The minimum absolute atomic E-state index is 0. The molecular formula is C9H15BrN2. The van der Waals surface area contributed by atoms with Gasteiger partial charge in [0.15, 0.2) is 0 Å². The molecule has 0 amide bonds. The number of nitrogens with zero attached hydrogens (tertiary/aromatic N) is 1. The molecule has 0 aliphatic rings. The monoisotopic (exact) mass is 230 g/mol. The van der Waals surface area contributed by atoms with Crippen LogP contribution in [0.3, 0.4) is 0 Å². The molecular weight excluding hydrogens is 216 g/mol. The van der Waals surface area contributed by atoms with Crippen molar-refractivity contribution >= 4 is 17.0 Å². The zero-order chi connectivity index (χ0) is 8.27. The molecule has 1 aromatic heterocycles. The molecule has 2 nitrogen and oxygen atoms in total. The summed E-state index contributed by atoms with van der Waals surface area (Å²) in [6.45, 7) is 4.07. The first-order chi connectivity index (χ1) is 5.25. The number of rotatable bonds is 2. The number of nitrogens with two attached hydrogens (primary N) is 1. The van der Waals surface area contributed by atoms with E-state index in [-0.39, 0.29) is 23.0 Å². The van der Waals surface area contributed by atoms with E-state index >= 15 is 0 Å². The van der Waals surface area contributed by atoms with Gasteiger partial charge in [-0.3, -0.25) is 4.98 Å². The van der Waals surface area contributed by atoms with Crippen molar-refractivity contribution in [2.75, 3.05) is 0 Å². The molecule has 2 N–H and O–H groups in total. The molecule has 1 rings (SSSR count). The summed E-state index contributed by atoms with van der Waals surface area (Å²) < 4.78 is 0. The van der Waals surface area contributed by atoms with Gasteiger partial charge >= 0.3 is 0 Å². The molecule has 3 heteroatoms. The Morgan fingerprint density at radius 2 is 2.25 bits per heavy atom. The molecule has 1 unspecified atom stereocenters. The van der Waals surface area contributed by atoms with Crippen LogP contribution in [-0.4, -0.2) is 4.98 Å². The zero-order valence-electron chi connectivity index (χ0n) is 7.45. The maximum absolute atomic E-state index is 5.75. The van der Waals surface area contributed by atoms with Crippen molar-refractivity contribution < 1.29 is 0 Å². The van der Waals surface area contributed by atoms with Crippen LogP contribution in [0.25, 0.3) is 0 Å². The van der Waals surface area contributed by atoms with Gasteiger partial charge in [0.25, 0.3) is 0 Å². The predicted octanol–water partition coefficient (Wildman–Crippen LogP) is 2.24. The predicted molar refractivity (Wildman–Crippen MR) is 56.5 cm³/mol. The van der Waals surface area contributed by atoms with Gasteiger partial charge in [-0.1, -0.05) is 13.0 Å². The van der Waals surface area contributed by atoms with E-state index in [0.717, 1.165) is 17.7 Å². The topological polar surface area (TPSA) is 38.9 Å². The van der Waals surface area contributed by atoms with Crippen LogP contribution in [0.2, 0.25) is 0 Å². The molecule has 0 aliphatic carbocycles. The lowest BCUT2D eigenvalue weighted by Crippen LogP contribution is -2.08. The Morgan fingerprint density at radius 3 is 2.67 bits per heavy atom. The molecule has 1 heterocycles. The van der Waals surface area contributed by atoms with E-state index in [0.29, 0.717) is 0 Å². The highest BCUT2D eigenvalue weighted by molar-refractivity contribution is 8.93. The minimum atomic E-state index is 0. The Bertz CT molecular complexity index is 236. The summed E-state index contributed by atoms with van der Waals surface area (Å²) in [5, 5.41) is 0. The van der Waals surface area contributed by atoms with Crippen LogP contribution < -0.4 is 5.73 Å². The Morgan fingerprint density at radius 1 is 1.58 bits per heavy atom. The second kappa shape index (κ2) is 5.27. The Balaban J connectivity index is 0.00000121. The number of aromatic nitrogens is 1. The third-order valence-corrected chi connectivity index (χ3v) is 1.75. The van der Waals surface area contributed by atoms with E-state index in [1.807, 2.05) is 25.3 Å². The largest absolute Gasteiger partial charge is 0.324 e. The van der Waals surface area contributed by atoms with Crippen LogP contribution in [0.15, 0.2) is 18.3 Å². The van der Waals surface area contributed by atoms with Gasteiger partial charge in [-0.2, -0.15) is 0 Å². The van der Waals surface area contributed by atoms with E-state index in [1.165, 1.54) is 0 Å². The van der Waals surface area contributed by atoms with Gasteiger partial charge in [0.1, 0.15) is 0 Å². The summed E-state index contributed by atoms with van der Waals surface area (Å²) in [5.41, 5.74) is 8.03. The summed E-state index contributed by atoms with van der Waals surface area (Å²) in [5.74, 6) is 0. The fraction of sp³-hybridized carbons (Fsp3) is 0.444. The SMILES string of the molecule is Br.CCc1ncccc1C(C)N. The van der Waals surface area contributed by atoms with Crippen molar-refractivity contribution in [2.45, 2.75) is 26.3 Å². The Labute approximate surface area is 84.0 Å². The van der Waals surface area contributed by atoms with Gasteiger partial charge in [-0.05, 0) is 25.0 Å². The lowest BCUT2D eigenvalue weighted by atomic mass is 10.1. The third-order valence-electron chi connectivity index (χ3n) is 1.75. The fourth-order valence-corrected chi connectivity index (χ4v) is 1.16. The first-order valence-corrected chi connectivity index (χ1v) is 3.95. The smallest absolute Gasteiger partial charge is 0.0448 e. The van der Waals surface area contributed by atoms with Crippen molar-refractivity contribution in [1.82, 2.24) is 4.98 Å². The molecule has 0 spiro atoms. The maximum atomic E-state index is 5.75. The summed E-state index contributed by atoms with van der Waals surface area (Å²) in [4.78, 5) is 4.24. The first kappa shape index (κ1) is 11.6. The molecule has 0 aliphatic heterocycles. The third kappa shape index (κ3) is 2.57. The average molecular weight is 231 g/mol. The quantitative estimate of drug-likeness (QED) is 0.847. The van der Waals surface area contributed by atoms with Crippen molar-refractivity contribution in [3.8, 4) is 0 Å². The van der Waals surface area contributed by atoms with Crippen LogP contribution in [0.1, 0.15) is 31.1 Å². The molecule has 1 atom stereocenters. The molecule has 68 valence electrons. The van der Waals surface area contributed by atoms with E-state index < -0.39 is 0 Å². The molecule has 0 radical (unpaired) electrons. The molecule has 12 heavy (non-hydrogen) atoms. The van der Waals surface area contributed by atoms with Crippen LogP contribution in [0.4, 0.5) is 0 Å². The number of pyridine rings is 1. The normalized spacial score (nSPS) is 11.9. The summed E-state index contributed by atoms with van der Waals surface area (Å²) in [6, 6.07) is 4.06. The highest BCUT2D eigenvalue weighted by Gasteiger charge is 2.03. The number of hydrogen-bond donors (Lipinski definition) is 1. The number of hydrogen-bond acceptors (Lipinski definition) is 2. The van der Waals surface area contributed by atoms with E-state index in [9.17, 15) is 0 Å². The maximum Gasteiger partial charge on any atom is 0.0448 e. The minimum Gasteiger partial charge on any atom is -0.324 e. The summed E-state index contributed by atoms with van der Waals surface area (Å²) in [7, 11) is 0. The lowest BCUT2D eigenvalue weighted by molar-refractivity contribution is 0.786. The van der Waals surface area contributed by atoms with Gasteiger partial charge in [0, 0.05) is 17.9 Å². The molecule has 0 saturated carbocycles. The average Bonchev–Trinajstić information content (AvgIpc) is 2.04. The Hall–Kier alpha value is -0.410. The lowest BCUT2D eigenvalue weighted by Gasteiger charge is -2.08. The number of halogens is 1. The van der Waals surface area contributed by atoms with Crippen LogP contribution in [-0.2, 0) is 6.42 Å². The van der Waals surface area contributed by atoms with Gasteiger partial charge in [0.05, 0.1) is 0 Å². The van der Waals surface area contributed by atoms with Crippen molar-refractivity contribution in [3.05, 3.63) is 29.6 Å². The second-order valence-electron chi connectivity index (χ2n) is 2.68. The zero-order valence-corrected chi connectivity index (χ0v) is 9.16. The van der Waals surface area contributed by atoms with E-state index in [1.54, 1.807) is 0 Å². The molecule has 0 aromatic carbocycles. The van der Waals surface area contributed by atoms with E-state index in [4.69, 9.17) is 5.73 Å². The first-order valence-electron chi connectivity index (χ1n) is 3.95. The number of aryl methyl sites for hydroxylation is 1.